The number of rotatable bonds is 8. The average Bonchev–Trinajstić information content (AvgIpc) is 2.99. The van der Waals surface area contributed by atoms with E-state index in [1.807, 2.05) is 6.92 Å². The van der Waals surface area contributed by atoms with Crippen molar-refractivity contribution in [2.45, 2.75) is 45.3 Å². The molecule has 0 aliphatic heterocycles. The van der Waals surface area contributed by atoms with E-state index in [1.165, 1.54) is 0 Å². The molecule has 1 aliphatic carbocycles. The second-order valence-electron chi connectivity index (χ2n) is 6.02. The van der Waals surface area contributed by atoms with Gasteiger partial charge in [-0.3, -0.25) is 4.79 Å². The maximum atomic E-state index is 12.5. The summed E-state index contributed by atoms with van der Waals surface area (Å²) in [5, 5.41) is 10.3. The van der Waals surface area contributed by atoms with Crippen LogP contribution in [0.1, 0.15) is 43.3 Å². The van der Waals surface area contributed by atoms with Crippen LogP contribution >= 0.6 is 11.3 Å². The zero-order valence-corrected chi connectivity index (χ0v) is 15.5. The summed E-state index contributed by atoms with van der Waals surface area (Å²) in [5.74, 6) is 0.823. The minimum Gasteiger partial charge on any atom is -0.357 e. The predicted octanol–water partition coefficient (Wildman–Crippen LogP) is 2.52. The first kappa shape index (κ1) is 20.5. The molecule has 1 aromatic heterocycles. The number of amides is 1. The summed E-state index contributed by atoms with van der Waals surface area (Å²) in [7, 11) is 0. The van der Waals surface area contributed by atoms with Gasteiger partial charge < -0.3 is 16.0 Å². The Morgan fingerprint density at radius 2 is 2.04 bits per heavy atom. The van der Waals surface area contributed by atoms with Crippen LogP contribution in [-0.2, 0) is 17.5 Å². The third-order valence-corrected chi connectivity index (χ3v) is 4.81. The van der Waals surface area contributed by atoms with Crippen LogP contribution in [0.2, 0.25) is 0 Å². The highest BCUT2D eigenvalue weighted by atomic mass is 32.1. The zero-order valence-electron chi connectivity index (χ0n) is 14.7. The Morgan fingerprint density at radius 3 is 2.62 bits per heavy atom. The van der Waals surface area contributed by atoms with Gasteiger partial charge in [0.2, 0.25) is 5.91 Å². The van der Waals surface area contributed by atoms with E-state index in [0.717, 1.165) is 42.4 Å². The van der Waals surface area contributed by atoms with Crippen molar-refractivity contribution in [3.8, 4) is 0 Å². The first-order valence-corrected chi connectivity index (χ1v) is 9.59. The lowest BCUT2D eigenvalue weighted by Crippen LogP contribution is -2.39. The van der Waals surface area contributed by atoms with Gasteiger partial charge in [0, 0.05) is 30.9 Å². The molecule has 1 aliphatic rings. The molecule has 0 aromatic carbocycles. The Kier molecular flexibility index (Phi) is 7.67. The summed E-state index contributed by atoms with van der Waals surface area (Å²) in [5.41, 5.74) is -0.882. The van der Waals surface area contributed by atoms with Crippen LogP contribution in [0.15, 0.2) is 10.4 Å². The summed E-state index contributed by atoms with van der Waals surface area (Å²) >= 11 is 0.941. The first-order chi connectivity index (χ1) is 12.4. The number of aromatic nitrogens is 1. The highest BCUT2D eigenvalue weighted by Gasteiger charge is 2.33. The van der Waals surface area contributed by atoms with Crippen LogP contribution in [0.5, 0.6) is 0 Å². The van der Waals surface area contributed by atoms with E-state index in [4.69, 9.17) is 0 Å². The monoisotopic (exact) mass is 391 g/mol. The molecule has 2 rings (SSSR count). The van der Waals surface area contributed by atoms with Crippen LogP contribution in [-0.4, -0.2) is 36.5 Å². The number of guanidine groups is 1. The van der Waals surface area contributed by atoms with Crippen molar-refractivity contribution >= 4 is 23.2 Å². The molecule has 1 amide bonds. The van der Waals surface area contributed by atoms with E-state index in [0.29, 0.717) is 30.6 Å². The molecule has 10 heteroatoms. The first-order valence-electron chi connectivity index (χ1n) is 8.71. The summed E-state index contributed by atoms with van der Waals surface area (Å²) < 4.78 is 37.6. The van der Waals surface area contributed by atoms with E-state index < -0.39 is 11.9 Å². The van der Waals surface area contributed by atoms with Gasteiger partial charge in [-0.2, -0.15) is 13.2 Å². The normalized spacial score (nSPS) is 15.5. The molecule has 3 N–H and O–H groups in total. The average molecular weight is 391 g/mol. The lowest BCUT2D eigenvalue weighted by Gasteiger charge is -2.24. The third kappa shape index (κ3) is 6.47. The predicted molar refractivity (Wildman–Crippen MR) is 94.9 cm³/mol. The van der Waals surface area contributed by atoms with Crippen molar-refractivity contribution in [1.29, 1.82) is 0 Å². The third-order valence-electron chi connectivity index (χ3n) is 3.98. The van der Waals surface area contributed by atoms with Crippen LogP contribution in [0.25, 0.3) is 0 Å². The summed E-state index contributed by atoms with van der Waals surface area (Å²) in [6.45, 7) is 3.80. The molecular formula is C16H24F3N5OS. The smallest absolute Gasteiger partial charge is 0.357 e. The van der Waals surface area contributed by atoms with Gasteiger partial charge in [-0.15, -0.1) is 11.3 Å². The van der Waals surface area contributed by atoms with Gasteiger partial charge in [0.1, 0.15) is 5.01 Å². The molecule has 1 aromatic rings. The maximum Gasteiger partial charge on any atom is 0.434 e. The number of hydrogen-bond acceptors (Lipinski definition) is 4. The largest absolute Gasteiger partial charge is 0.434 e. The van der Waals surface area contributed by atoms with E-state index in [2.05, 4.69) is 25.9 Å². The SMILES string of the molecule is CCNC(=NCc1nc(C(F)(F)F)cs1)NCCCNC(=O)C1CCC1. The van der Waals surface area contributed by atoms with Gasteiger partial charge >= 0.3 is 6.18 Å². The Morgan fingerprint density at radius 1 is 1.31 bits per heavy atom. The van der Waals surface area contributed by atoms with Crippen molar-refractivity contribution in [3.63, 3.8) is 0 Å². The number of alkyl halides is 3. The molecule has 26 heavy (non-hydrogen) atoms. The number of thiazole rings is 1. The fraction of sp³-hybridized carbons (Fsp3) is 0.688. The fourth-order valence-electron chi connectivity index (χ4n) is 2.32. The lowest BCUT2D eigenvalue weighted by atomic mass is 9.85. The van der Waals surface area contributed by atoms with Crippen molar-refractivity contribution in [2.75, 3.05) is 19.6 Å². The van der Waals surface area contributed by atoms with Crippen molar-refractivity contribution < 1.29 is 18.0 Å². The van der Waals surface area contributed by atoms with E-state index in [1.54, 1.807) is 0 Å². The number of hydrogen-bond donors (Lipinski definition) is 3. The summed E-state index contributed by atoms with van der Waals surface area (Å²) in [4.78, 5) is 19.5. The zero-order chi connectivity index (χ0) is 19.0. The molecule has 1 saturated carbocycles. The van der Waals surface area contributed by atoms with Crippen LogP contribution in [0.3, 0.4) is 0 Å². The van der Waals surface area contributed by atoms with Crippen LogP contribution < -0.4 is 16.0 Å². The van der Waals surface area contributed by atoms with E-state index in [9.17, 15) is 18.0 Å². The van der Waals surface area contributed by atoms with Gasteiger partial charge in [0.15, 0.2) is 11.7 Å². The van der Waals surface area contributed by atoms with Gasteiger partial charge in [-0.05, 0) is 26.2 Å². The number of aliphatic imine (C=N–C) groups is 1. The molecule has 0 unspecified atom stereocenters. The summed E-state index contributed by atoms with van der Waals surface area (Å²) in [6.07, 6.45) is -0.600. The molecule has 1 fully saturated rings. The molecule has 1 heterocycles. The molecule has 6 nitrogen and oxygen atoms in total. The standard InChI is InChI=1S/C16H24F3N5OS/c1-2-20-15(22-8-4-7-21-14(25)11-5-3-6-11)23-9-13-24-12(10-26-13)16(17,18)19/h10-11H,2-9H2,1H3,(H,21,25)(H2,20,22,23). The molecule has 0 atom stereocenters. The number of halogens is 3. The number of nitrogens with zero attached hydrogens (tertiary/aromatic N) is 2. The van der Waals surface area contributed by atoms with Crippen molar-refractivity contribution in [1.82, 2.24) is 20.9 Å². The molecule has 0 radical (unpaired) electrons. The molecule has 146 valence electrons. The Hall–Kier alpha value is -1.84. The van der Waals surface area contributed by atoms with Gasteiger partial charge in [-0.25, -0.2) is 9.98 Å². The molecular weight excluding hydrogens is 367 g/mol. The number of carbonyl (C=O) groups is 1. The maximum absolute atomic E-state index is 12.5. The van der Waals surface area contributed by atoms with E-state index >= 15 is 0 Å². The molecule has 0 saturated heterocycles. The highest BCUT2D eigenvalue weighted by Crippen LogP contribution is 2.30. The number of carbonyl (C=O) groups excluding carboxylic acids is 1. The van der Waals surface area contributed by atoms with E-state index in [-0.39, 0.29) is 18.4 Å². The van der Waals surface area contributed by atoms with Crippen LogP contribution in [0, 0.1) is 5.92 Å². The van der Waals surface area contributed by atoms with Gasteiger partial charge in [0.05, 0.1) is 6.54 Å². The quantitative estimate of drug-likeness (QED) is 0.362. The fourth-order valence-corrected chi connectivity index (χ4v) is 3.05. The topological polar surface area (TPSA) is 78.4 Å². The minimum absolute atomic E-state index is 0.0779. The van der Waals surface area contributed by atoms with Crippen molar-refractivity contribution in [3.05, 3.63) is 16.1 Å². The Bertz CT molecular complexity index is 613. The van der Waals surface area contributed by atoms with Crippen molar-refractivity contribution in [2.24, 2.45) is 10.9 Å². The second kappa shape index (κ2) is 9.75. The summed E-state index contributed by atoms with van der Waals surface area (Å²) in [6, 6.07) is 0. The molecule has 0 spiro atoms. The lowest BCUT2D eigenvalue weighted by molar-refractivity contribution is -0.140. The Labute approximate surface area is 154 Å². The molecule has 0 bridgehead atoms. The van der Waals surface area contributed by atoms with Gasteiger partial charge in [-0.1, -0.05) is 6.42 Å². The number of nitrogens with one attached hydrogen (secondary N) is 3. The minimum atomic E-state index is -4.43. The van der Waals surface area contributed by atoms with Crippen LogP contribution in [0.4, 0.5) is 13.2 Å². The highest BCUT2D eigenvalue weighted by molar-refractivity contribution is 7.09. The second-order valence-corrected chi connectivity index (χ2v) is 6.96. The Balaban J connectivity index is 1.72. The van der Waals surface area contributed by atoms with Gasteiger partial charge in [0.25, 0.3) is 0 Å².